The van der Waals surface area contributed by atoms with Crippen molar-refractivity contribution in [3.8, 4) is 0 Å². The lowest BCUT2D eigenvalue weighted by Gasteiger charge is -2.32. The van der Waals surface area contributed by atoms with E-state index in [2.05, 4.69) is 52.4 Å². The second-order valence-corrected chi connectivity index (χ2v) is 6.05. The summed E-state index contributed by atoms with van der Waals surface area (Å²) >= 11 is 0. The molecule has 3 aromatic rings. The van der Waals surface area contributed by atoms with Crippen LogP contribution in [0.15, 0.2) is 84.0 Å². The lowest BCUT2D eigenvalue weighted by Crippen LogP contribution is -2.27. The first-order valence-electron chi connectivity index (χ1n) is 8.17. The Morgan fingerprint density at radius 2 is 1.32 bits per heavy atom. The highest BCUT2D eigenvalue weighted by Crippen LogP contribution is 2.40. The van der Waals surface area contributed by atoms with Crippen molar-refractivity contribution in [1.82, 2.24) is 4.98 Å². The molecule has 0 aliphatic carbocycles. The van der Waals surface area contributed by atoms with E-state index < -0.39 is 5.41 Å². The van der Waals surface area contributed by atoms with Crippen molar-refractivity contribution in [2.75, 3.05) is 0 Å². The lowest BCUT2D eigenvalue weighted by atomic mass is 9.69. The fraction of sp³-hybridized carbons (Fsp3) is 0.136. The zero-order chi connectivity index (χ0) is 17.7. The molecule has 0 bridgehead atoms. The zero-order valence-electron chi connectivity index (χ0n) is 14.3. The van der Waals surface area contributed by atoms with Gasteiger partial charge in [0.15, 0.2) is 0 Å². The molecule has 0 saturated heterocycles. The molecule has 3 nitrogen and oxygen atoms in total. The third-order valence-electron chi connectivity index (χ3n) is 4.33. The predicted molar refractivity (Wildman–Crippen MR) is 100 cm³/mol. The number of hydrogen-bond acceptors (Lipinski definition) is 3. The smallest absolute Gasteiger partial charge is 0.0723 e. The van der Waals surface area contributed by atoms with E-state index in [1.54, 1.807) is 0 Å². The van der Waals surface area contributed by atoms with Gasteiger partial charge in [0.05, 0.1) is 5.41 Å². The van der Waals surface area contributed by atoms with Gasteiger partial charge in [-0.2, -0.15) is 0 Å². The van der Waals surface area contributed by atoms with Gasteiger partial charge in [-0.3, -0.25) is 4.98 Å². The molecule has 0 radical (unpaired) electrons. The number of aromatic nitrogens is 1. The van der Waals surface area contributed by atoms with Crippen LogP contribution in [0, 0.1) is 13.8 Å². The Bertz CT molecular complexity index is 852. The average molecular weight is 328 g/mol. The molecule has 0 fully saturated rings. The van der Waals surface area contributed by atoms with E-state index in [-0.39, 0.29) is 0 Å². The van der Waals surface area contributed by atoms with E-state index in [1.807, 2.05) is 56.3 Å². The highest BCUT2D eigenvalue weighted by atomic mass is 16.4. The molecule has 0 unspecified atom stereocenters. The molecule has 1 aromatic heterocycles. The molecule has 0 spiro atoms. The van der Waals surface area contributed by atoms with E-state index >= 15 is 0 Å². The molecule has 3 heteroatoms. The average Bonchev–Trinajstić information content (AvgIpc) is 2.63. The van der Waals surface area contributed by atoms with E-state index in [0.717, 1.165) is 28.1 Å². The maximum atomic E-state index is 9.05. The highest BCUT2D eigenvalue weighted by molar-refractivity contribution is 5.65. The number of pyridine rings is 1. The minimum Gasteiger partial charge on any atom is -0.404 e. The molecule has 1 heterocycles. The van der Waals surface area contributed by atoms with E-state index in [4.69, 9.17) is 5.21 Å². The zero-order valence-corrected chi connectivity index (χ0v) is 14.3. The second-order valence-electron chi connectivity index (χ2n) is 6.05. The summed E-state index contributed by atoms with van der Waals surface area (Å²) in [4.78, 5) is 4.51. The largest absolute Gasteiger partial charge is 0.404 e. The van der Waals surface area contributed by atoms with Gasteiger partial charge < -0.3 is 5.21 Å². The number of nitrogens with zero attached hydrogens (tertiary/aromatic N) is 2. The molecular weight excluding hydrogens is 308 g/mol. The van der Waals surface area contributed by atoms with Gasteiger partial charge in [0.1, 0.15) is 0 Å². The van der Waals surface area contributed by atoms with Crippen LogP contribution < -0.4 is 0 Å². The monoisotopic (exact) mass is 328 g/mol. The Morgan fingerprint density at radius 3 is 1.76 bits per heavy atom. The maximum absolute atomic E-state index is 9.05. The van der Waals surface area contributed by atoms with Gasteiger partial charge in [-0.15, -0.1) is 0 Å². The summed E-state index contributed by atoms with van der Waals surface area (Å²) in [6, 6.07) is 24.5. The second kappa shape index (κ2) is 7.16. The van der Waals surface area contributed by atoms with Gasteiger partial charge in [0.25, 0.3) is 0 Å². The number of benzene rings is 2. The fourth-order valence-corrected chi connectivity index (χ4v) is 3.34. The third kappa shape index (κ3) is 3.23. The van der Waals surface area contributed by atoms with Crippen LogP contribution in [0.1, 0.15) is 28.1 Å². The third-order valence-corrected chi connectivity index (χ3v) is 4.33. The quantitative estimate of drug-likeness (QED) is 0.430. The summed E-state index contributed by atoms with van der Waals surface area (Å²) in [6.45, 7) is 3.97. The number of allylic oxidation sites excluding steroid dienone is 1. The van der Waals surface area contributed by atoms with Crippen molar-refractivity contribution in [2.24, 2.45) is 5.16 Å². The number of aryl methyl sites for hydroxylation is 2. The minimum atomic E-state index is -0.618. The van der Waals surface area contributed by atoms with Gasteiger partial charge in [0, 0.05) is 23.3 Å². The predicted octanol–water partition coefficient (Wildman–Crippen LogP) is 4.65. The Balaban J connectivity index is 2.42. The molecule has 0 atom stereocenters. The first-order chi connectivity index (χ1) is 12.2. The molecular formula is C22H20N2O. The van der Waals surface area contributed by atoms with Crippen LogP contribution in [0.4, 0.5) is 0 Å². The van der Waals surface area contributed by atoms with E-state index in [1.165, 1.54) is 0 Å². The first kappa shape index (κ1) is 16.7. The van der Waals surface area contributed by atoms with Crippen molar-refractivity contribution in [2.45, 2.75) is 19.3 Å². The maximum Gasteiger partial charge on any atom is 0.0723 e. The Morgan fingerprint density at radius 1 is 0.840 bits per heavy atom. The van der Waals surface area contributed by atoms with Crippen LogP contribution in [0.2, 0.25) is 0 Å². The molecule has 0 saturated carbocycles. The van der Waals surface area contributed by atoms with E-state index in [9.17, 15) is 0 Å². The normalized spacial score (nSPS) is 10.8. The first-order valence-corrected chi connectivity index (χ1v) is 8.17. The summed E-state index contributed by atoms with van der Waals surface area (Å²) in [5, 5.41) is 12.2. The lowest BCUT2D eigenvalue weighted by molar-refractivity contribution is 0.322. The Kier molecular flexibility index (Phi) is 4.78. The SMILES string of the molecule is Cc1cc(C(C=C=NO)(c2ccccc2)c2ccccc2)cc(C)n1. The fourth-order valence-electron chi connectivity index (χ4n) is 3.34. The molecule has 0 aliphatic heterocycles. The van der Waals surface area contributed by atoms with Crippen molar-refractivity contribution in [3.63, 3.8) is 0 Å². The van der Waals surface area contributed by atoms with Crippen LogP contribution in [-0.4, -0.2) is 16.1 Å². The van der Waals surface area contributed by atoms with Crippen LogP contribution >= 0.6 is 0 Å². The van der Waals surface area contributed by atoms with Crippen molar-refractivity contribution < 1.29 is 5.21 Å². The molecule has 3 rings (SSSR count). The topological polar surface area (TPSA) is 45.5 Å². The van der Waals surface area contributed by atoms with Crippen LogP contribution in [0.3, 0.4) is 0 Å². The number of hydrogen-bond donors (Lipinski definition) is 1. The Hall–Kier alpha value is -3.16. The summed E-state index contributed by atoms with van der Waals surface area (Å²) in [5.74, 6) is 2.66. The summed E-state index contributed by atoms with van der Waals surface area (Å²) in [7, 11) is 0. The van der Waals surface area contributed by atoms with Gasteiger partial charge >= 0.3 is 0 Å². The van der Waals surface area contributed by atoms with Gasteiger partial charge in [-0.1, -0.05) is 60.7 Å². The molecule has 2 aromatic carbocycles. The summed E-state index contributed by atoms with van der Waals surface area (Å²) in [5.41, 5.74) is 4.48. The van der Waals surface area contributed by atoms with Crippen LogP contribution in [-0.2, 0) is 5.41 Å². The standard InChI is InChI=1S/C22H20N2O/c1-17-15-21(16-18(2)24-17)22(13-14-23-25,19-9-5-3-6-10-19)20-11-7-4-8-12-20/h3-13,15-16,25H,1-2H3. The number of rotatable bonds is 4. The van der Waals surface area contributed by atoms with E-state index in [0.29, 0.717) is 0 Å². The van der Waals surface area contributed by atoms with Crippen LogP contribution in [0.5, 0.6) is 0 Å². The van der Waals surface area contributed by atoms with Gasteiger partial charge in [-0.25, -0.2) is 0 Å². The van der Waals surface area contributed by atoms with Crippen molar-refractivity contribution >= 4 is 5.87 Å². The molecule has 124 valence electrons. The highest BCUT2D eigenvalue weighted by Gasteiger charge is 2.34. The summed E-state index contributed by atoms with van der Waals surface area (Å²) in [6.07, 6.45) is 1.81. The minimum absolute atomic E-state index is 0.618. The van der Waals surface area contributed by atoms with Gasteiger partial charge in [-0.05, 0) is 47.8 Å². The molecule has 0 amide bonds. The molecule has 0 aliphatic rings. The Labute approximate surface area is 148 Å². The van der Waals surface area contributed by atoms with Gasteiger partial charge in [0.2, 0.25) is 0 Å². The van der Waals surface area contributed by atoms with Crippen molar-refractivity contribution in [3.05, 3.63) is 107 Å². The van der Waals surface area contributed by atoms with Crippen molar-refractivity contribution in [1.29, 1.82) is 0 Å². The summed E-state index contributed by atoms with van der Waals surface area (Å²) < 4.78 is 0. The van der Waals surface area contributed by atoms with Crippen LogP contribution in [0.25, 0.3) is 0 Å². The molecule has 25 heavy (non-hydrogen) atoms. The molecule has 1 N–H and O–H groups in total.